The minimum atomic E-state index is -4.51. The quantitative estimate of drug-likeness (QED) is 0.944. The van der Waals surface area contributed by atoms with Crippen LogP contribution in [0.5, 0.6) is 0 Å². The Balaban J connectivity index is 2.50. The molecule has 0 unspecified atom stereocenters. The molecule has 2 rings (SSSR count). The van der Waals surface area contributed by atoms with Gasteiger partial charge in [0, 0.05) is 12.6 Å². The number of nitrogens with zero attached hydrogens (tertiary/aromatic N) is 1. The van der Waals surface area contributed by atoms with E-state index in [2.05, 4.69) is 4.98 Å². The smallest absolute Gasteiger partial charge is 0.243 e. The zero-order valence-electron chi connectivity index (χ0n) is 10.6. The van der Waals surface area contributed by atoms with Gasteiger partial charge in [0.1, 0.15) is 0 Å². The fourth-order valence-corrected chi connectivity index (χ4v) is 2.68. The van der Waals surface area contributed by atoms with Crippen molar-refractivity contribution in [1.82, 2.24) is 4.98 Å². The third-order valence-electron chi connectivity index (χ3n) is 2.82. The van der Waals surface area contributed by atoms with Crippen LogP contribution in [0.2, 0.25) is 0 Å². The van der Waals surface area contributed by atoms with Crippen molar-refractivity contribution in [2.75, 3.05) is 0 Å². The van der Waals surface area contributed by atoms with Crippen molar-refractivity contribution >= 4 is 10.0 Å². The SMILES string of the molecule is NS(=O)(=O)c1ncccc1Cc1ccccc1C(F)(F)F. The van der Waals surface area contributed by atoms with E-state index in [1.54, 1.807) is 0 Å². The average molecular weight is 316 g/mol. The van der Waals surface area contributed by atoms with Gasteiger partial charge in [0.2, 0.25) is 0 Å². The van der Waals surface area contributed by atoms with Crippen LogP contribution in [-0.2, 0) is 22.6 Å². The summed E-state index contributed by atoms with van der Waals surface area (Å²) in [5, 5.41) is 4.61. The van der Waals surface area contributed by atoms with Gasteiger partial charge in [0.15, 0.2) is 5.03 Å². The Morgan fingerprint density at radius 2 is 1.67 bits per heavy atom. The van der Waals surface area contributed by atoms with Gasteiger partial charge in [-0.15, -0.1) is 0 Å². The summed E-state index contributed by atoms with van der Waals surface area (Å²) in [6.07, 6.45) is -3.52. The number of alkyl halides is 3. The molecule has 0 bridgehead atoms. The summed E-state index contributed by atoms with van der Waals surface area (Å²) in [5.41, 5.74) is -0.728. The minimum Gasteiger partial charge on any atom is -0.243 e. The van der Waals surface area contributed by atoms with Crippen LogP contribution >= 0.6 is 0 Å². The predicted molar refractivity (Wildman–Crippen MR) is 69.9 cm³/mol. The van der Waals surface area contributed by atoms with Crippen molar-refractivity contribution in [3.8, 4) is 0 Å². The monoisotopic (exact) mass is 316 g/mol. The first-order chi connectivity index (χ1) is 9.69. The fraction of sp³-hybridized carbons (Fsp3) is 0.154. The Kier molecular flexibility index (Phi) is 4.02. The van der Waals surface area contributed by atoms with E-state index in [1.807, 2.05) is 0 Å². The normalized spacial score (nSPS) is 12.4. The molecule has 0 atom stereocenters. The lowest BCUT2D eigenvalue weighted by Crippen LogP contribution is -2.17. The Morgan fingerprint density at radius 1 is 1.05 bits per heavy atom. The first-order valence-corrected chi connectivity index (χ1v) is 7.36. The summed E-state index contributed by atoms with van der Waals surface area (Å²) in [6.45, 7) is 0. The molecule has 2 aromatic rings. The Labute approximate surface area is 119 Å². The molecule has 4 nitrogen and oxygen atoms in total. The number of halogens is 3. The van der Waals surface area contributed by atoms with Gasteiger partial charge in [-0.05, 0) is 23.3 Å². The number of rotatable bonds is 3. The number of nitrogens with two attached hydrogens (primary N) is 1. The molecule has 1 heterocycles. The van der Waals surface area contributed by atoms with Crippen LogP contribution in [0.4, 0.5) is 13.2 Å². The van der Waals surface area contributed by atoms with Crippen molar-refractivity contribution in [1.29, 1.82) is 0 Å². The Bertz CT molecular complexity index is 758. The zero-order chi connectivity index (χ0) is 15.7. The lowest BCUT2D eigenvalue weighted by Gasteiger charge is -2.13. The van der Waals surface area contributed by atoms with Crippen LogP contribution < -0.4 is 5.14 Å². The van der Waals surface area contributed by atoms with Gasteiger partial charge in [0.05, 0.1) is 5.56 Å². The topological polar surface area (TPSA) is 73.1 Å². The second-order valence-electron chi connectivity index (χ2n) is 4.34. The molecule has 0 spiro atoms. The molecule has 1 aromatic heterocycles. The second kappa shape index (κ2) is 5.45. The van der Waals surface area contributed by atoms with Crippen molar-refractivity contribution in [2.24, 2.45) is 5.14 Å². The molecular weight excluding hydrogens is 305 g/mol. The fourth-order valence-electron chi connectivity index (χ4n) is 1.97. The van der Waals surface area contributed by atoms with Gasteiger partial charge in [-0.1, -0.05) is 24.3 Å². The molecule has 0 amide bonds. The molecule has 1 aromatic carbocycles. The van der Waals surface area contributed by atoms with Gasteiger partial charge >= 0.3 is 6.18 Å². The van der Waals surface area contributed by atoms with Crippen LogP contribution in [0.1, 0.15) is 16.7 Å². The lowest BCUT2D eigenvalue weighted by molar-refractivity contribution is -0.138. The summed E-state index contributed by atoms with van der Waals surface area (Å²) < 4.78 is 61.6. The molecule has 0 radical (unpaired) electrons. The van der Waals surface area contributed by atoms with Gasteiger partial charge in [0.25, 0.3) is 10.0 Å². The summed E-state index contributed by atoms with van der Waals surface area (Å²) in [6, 6.07) is 7.80. The van der Waals surface area contributed by atoms with Gasteiger partial charge in [-0.3, -0.25) is 0 Å². The van der Waals surface area contributed by atoms with E-state index in [-0.39, 0.29) is 17.5 Å². The first kappa shape index (κ1) is 15.5. The van der Waals surface area contributed by atoms with Crippen LogP contribution in [-0.4, -0.2) is 13.4 Å². The minimum absolute atomic E-state index is 0.0390. The third kappa shape index (κ3) is 3.59. The highest BCUT2D eigenvalue weighted by molar-refractivity contribution is 7.89. The molecule has 0 aliphatic rings. The number of sulfonamides is 1. The van der Waals surface area contributed by atoms with Crippen molar-refractivity contribution in [3.63, 3.8) is 0 Å². The number of pyridine rings is 1. The standard InChI is InChI=1S/C13H11F3N2O2S/c14-13(15,16)11-6-2-1-4-9(11)8-10-5-3-7-18-12(10)21(17,19)20/h1-7H,8H2,(H2,17,19,20). The average Bonchev–Trinajstić information content (AvgIpc) is 2.37. The summed E-state index contributed by atoms with van der Waals surface area (Å²) >= 11 is 0. The summed E-state index contributed by atoms with van der Waals surface area (Å²) in [7, 11) is -4.09. The maximum absolute atomic E-state index is 12.9. The molecular formula is C13H11F3N2O2S. The predicted octanol–water partition coefficient (Wildman–Crippen LogP) is 2.34. The number of primary sulfonamides is 1. The third-order valence-corrected chi connectivity index (χ3v) is 3.73. The molecule has 21 heavy (non-hydrogen) atoms. The van der Waals surface area contributed by atoms with Crippen LogP contribution in [0, 0.1) is 0 Å². The van der Waals surface area contributed by atoms with E-state index in [9.17, 15) is 21.6 Å². The largest absolute Gasteiger partial charge is 0.416 e. The highest BCUT2D eigenvalue weighted by Gasteiger charge is 2.33. The Morgan fingerprint density at radius 3 is 2.29 bits per heavy atom. The van der Waals surface area contributed by atoms with E-state index in [0.29, 0.717) is 0 Å². The van der Waals surface area contributed by atoms with Crippen LogP contribution in [0.15, 0.2) is 47.6 Å². The zero-order valence-corrected chi connectivity index (χ0v) is 11.4. The van der Waals surface area contributed by atoms with Crippen molar-refractivity contribution in [3.05, 3.63) is 59.3 Å². The van der Waals surface area contributed by atoms with Gasteiger partial charge in [-0.2, -0.15) is 13.2 Å². The van der Waals surface area contributed by atoms with E-state index in [0.717, 1.165) is 6.07 Å². The van der Waals surface area contributed by atoms with Crippen molar-refractivity contribution < 1.29 is 21.6 Å². The van der Waals surface area contributed by atoms with E-state index in [4.69, 9.17) is 5.14 Å². The number of hydrogen-bond donors (Lipinski definition) is 1. The maximum Gasteiger partial charge on any atom is 0.416 e. The summed E-state index contributed by atoms with van der Waals surface area (Å²) in [4.78, 5) is 3.64. The number of hydrogen-bond acceptors (Lipinski definition) is 3. The molecule has 112 valence electrons. The molecule has 0 aliphatic carbocycles. The molecule has 0 saturated heterocycles. The highest BCUT2D eigenvalue weighted by atomic mass is 32.2. The van der Waals surface area contributed by atoms with Gasteiger partial charge in [-0.25, -0.2) is 18.5 Å². The van der Waals surface area contributed by atoms with Crippen LogP contribution in [0.25, 0.3) is 0 Å². The van der Waals surface area contributed by atoms with Crippen LogP contribution in [0.3, 0.4) is 0 Å². The van der Waals surface area contributed by atoms with E-state index < -0.39 is 26.8 Å². The maximum atomic E-state index is 12.9. The number of aromatic nitrogens is 1. The molecule has 0 fully saturated rings. The molecule has 8 heteroatoms. The van der Waals surface area contributed by atoms with Gasteiger partial charge < -0.3 is 0 Å². The van der Waals surface area contributed by atoms with E-state index >= 15 is 0 Å². The molecule has 2 N–H and O–H groups in total. The second-order valence-corrected chi connectivity index (χ2v) is 5.82. The molecule has 0 aliphatic heterocycles. The lowest BCUT2D eigenvalue weighted by atomic mass is 10.0. The number of benzene rings is 1. The highest BCUT2D eigenvalue weighted by Crippen LogP contribution is 2.33. The molecule has 0 saturated carbocycles. The first-order valence-electron chi connectivity index (χ1n) is 5.81. The summed E-state index contributed by atoms with van der Waals surface area (Å²) in [5.74, 6) is 0. The van der Waals surface area contributed by atoms with E-state index in [1.165, 1.54) is 36.5 Å². The Hall–Kier alpha value is -1.93. The van der Waals surface area contributed by atoms with Crippen molar-refractivity contribution in [2.45, 2.75) is 17.6 Å².